The average Bonchev–Trinajstić information content (AvgIpc) is 2.36. The van der Waals surface area contributed by atoms with Crippen LogP contribution in [-0.2, 0) is 21.3 Å². The van der Waals surface area contributed by atoms with Gasteiger partial charge in [-0.3, -0.25) is 4.79 Å². The van der Waals surface area contributed by atoms with Gasteiger partial charge in [0.1, 0.15) is 0 Å². The van der Waals surface area contributed by atoms with Gasteiger partial charge in [0, 0.05) is 6.42 Å². The summed E-state index contributed by atoms with van der Waals surface area (Å²) in [6, 6.07) is 4.80. The summed E-state index contributed by atoms with van der Waals surface area (Å²) < 4.78 is 43.4. The van der Waals surface area contributed by atoms with Crippen molar-refractivity contribution < 1.29 is 27.8 Å². The molecule has 0 aliphatic carbocycles. The standard InChI is InChI=1S/C14H17F3O3/c1-3-20-12(18)8-9-13(2,19)10-6-4-5-7-11(10)14(15,16)17/h4-7,19H,3,8-9H2,1-2H3. The molecule has 0 saturated carbocycles. The zero-order valence-electron chi connectivity index (χ0n) is 11.3. The average molecular weight is 290 g/mol. The molecule has 0 fully saturated rings. The van der Waals surface area contributed by atoms with Gasteiger partial charge in [0.25, 0.3) is 0 Å². The van der Waals surface area contributed by atoms with Crippen molar-refractivity contribution >= 4 is 5.97 Å². The van der Waals surface area contributed by atoms with Crippen molar-refractivity contribution in [2.75, 3.05) is 6.61 Å². The van der Waals surface area contributed by atoms with Gasteiger partial charge in [-0.05, 0) is 31.9 Å². The van der Waals surface area contributed by atoms with E-state index in [4.69, 9.17) is 4.74 Å². The molecule has 20 heavy (non-hydrogen) atoms. The fraction of sp³-hybridized carbons (Fsp3) is 0.500. The maximum absolute atomic E-state index is 12.9. The van der Waals surface area contributed by atoms with E-state index >= 15 is 0 Å². The first kappa shape index (κ1) is 16.5. The molecule has 0 aliphatic rings. The number of aliphatic hydroxyl groups is 1. The third kappa shape index (κ3) is 4.23. The van der Waals surface area contributed by atoms with Crippen LogP contribution in [0.2, 0.25) is 0 Å². The molecule has 1 N–H and O–H groups in total. The third-order valence-electron chi connectivity index (χ3n) is 2.93. The molecule has 1 aromatic carbocycles. The lowest BCUT2D eigenvalue weighted by Gasteiger charge is -2.26. The van der Waals surface area contributed by atoms with Crippen LogP contribution in [0.1, 0.15) is 37.8 Å². The summed E-state index contributed by atoms with van der Waals surface area (Å²) in [5.74, 6) is -0.544. The summed E-state index contributed by atoms with van der Waals surface area (Å²) in [5.41, 5.74) is -2.88. The number of halogens is 3. The van der Waals surface area contributed by atoms with E-state index in [1.807, 2.05) is 0 Å². The summed E-state index contributed by atoms with van der Waals surface area (Å²) in [7, 11) is 0. The molecule has 1 aromatic rings. The van der Waals surface area contributed by atoms with Crippen molar-refractivity contribution in [2.24, 2.45) is 0 Å². The first-order chi connectivity index (χ1) is 9.18. The van der Waals surface area contributed by atoms with Crippen LogP contribution >= 0.6 is 0 Å². The van der Waals surface area contributed by atoms with E-state index in [0.717, 1.165) is 6.07 Å². The van der Waals surface area contributed by atoms with Crippen molar-refractivity contribution in [1.82, 2.24) is 0 Å². The van der Waals surface area contributed by atoms with Gasteiger partial charge in [0.2, 0.25) is 0 Å². The second kappa shape index (κ2) is 6.26. The molecule has 3 nitrogen and oxygen atoms in total. The third-order valence-corrected chi connectivity index (χ3v) is 2.93. The Hall–Kier alpha value is -1.56. The van der Waals surface area contributed by atoms with E-state index in [-0.39, 0.29) is 25.0 Å². The number of rotatable bonds is 5. The Labute approximate surface area is 115 Å². The summed E-state index contributed by atoms with van der Waals surface area (Å²) in [6.07, 6.45) is -4.84. The highest BCUT2D eigenvalue weighted by molar-refractivity contribution is 5.69. The molecule has 112 valence electrons. The van der Waals surface area contributed by atoms with Crippen molar-refractivity contribution in [3.05, 3.63) is 35.4 Å². The number of esters is 1. The number of hydrogen-bond acceptors (Lipinski definition) is 3. The van der Waals surface area contributed by atoms with Crippen molar-refractivity contribution in [1.29, 1.82) is 0 Å². The largest absolute Gasteiger partial charge is 0.466 e. The van der Waals surface area contributed by atoms with Crippen molar-refractivity contribution in [3.63, 3.8) is 0 Å². The highest BCUT2D eigenvalue weighted by Crippen LogP contribution is 2.38. The first-order valence-electron chi connectivity index (χ1n) is 6.23. The van der Waals surface area contributed by atoms with Crippen LogP contribution in [0.15, 0.2) is 24.3 Å². The van der Waals surface area contributed by atoms with Gasteiger partial charge in [-0.15, -0.1) is 0 Å². The predicted octanol–water partition coefficient (Wildman–Crippen LogP) is 3.26. The van der Waals surface area contributed by atoms with Gasteiger partial charge >= 0.3 is 12.1 Å². The fourth-order valence-electron chi connectivity index (χ4n) is 1.91. The first-order valence-corrected chi connectivity index (χ1v) is 6.23. The summed E-state index contributed by atoms with van der Waals surface area (Å²) in [6.45, 7) is 3.09. The normalized spacial score (nSPS) is 14.7. The molecule has 0 amide bonds. The van der Waals surface area contributed by atoms with Crippen LogP contribution in [0.5, 0.6) is 0 Å². The number of hydrogen-bond donors (Lipinski definition) is 1. The molecule has 1 unspecified atom stereocenters. The van der Waals surface area contributed by atoms with Crippen LogP contribution in [0.3, 0.4) is 0 Å². The predicted molar refractivity (Wildman–Crippen MR) is 66.9 cm³/mol. The van der Waals surface area contributed by atoms with Gasteiger partial charge in [-0.2, -0.15) is 13.2 Å². The SMILES string of the molecule is CCOC(=O)CCC(C)(O)c1ccccc1C(F)(F)F. The highest BCUT2D eigenvalue weighted by atomic mass is 19.4. The minimum Gasteiger partial charge on any atom is -0.466 e. The Morgan fingerprint density at radius 3 is 2.30 bits per heavy atom. The van der Waals surface area contributed by atoms with Crippen LogP contribution < -0.4 is 0 Å². The maximum atomic E-state index is 12.9. The molecular weight excluding hydrogens is 273 g/mol. The summed E-state index contributed by atoms with van der Waals surface area (Å²) >= 11 is 0. The van der Waals surface area contributed by atoms with Crippen LogP contribution in [-0.4, -0.2) is 17.7 Å². The molecule has 1 rings (SSSR count). The maximum Gasteiger partial charge on any atom is 0.416 e. The number of carbonyl (C=O) groups is 1. The monoisotopic (exact) mass is 290 g/mol. The van der Waals surface area contributed by atoms with E-state index in [9.17, 15) is 23.1 Å². The van der Waals surface area contributed by atoms with Gasteiger partial charge in [-0.25, -0.2) is 0 Å². The Morgan fingerprint density at radius 2 is 1.80 bits per heavy atom. The lowest BCUT2D eigenvalue weighted by atomic mass is 9.87. The topological polar surface area (TPSA) is 46.5 Å². The van der Waals surface area contributed by atoms with Gasteiger partial charge < -0.3 is 9.84 Å². The second-order valence-electron chi connectivity index (χ2n) is 4.62. The van der Waals surface area contributed by atoms with Crippen LogP contribution in [0, 0.1) is 0 Å². The summed E-state index contributed by atoms with van der Waals surface area (Å²) in [5, 5.41) is 10.2. The number of carbonyl (C=O) groups excluding carboxylic acids is 1. The van der Waals surface area contributed by atoms with E-state index < -0.39 is 23.3 Å². The molecule has 0 aliphatic heterocycles. The molecule has 1 atom stereocenters. The highest BCUT2D eigenvalue weighted by Gasteiger charge is 2.38. The van der Waals surface area contributed by atoms with Crippen molar-refractivity contribution in [2.45, 2.75) is 38.5 Å². The molecule has 0 heterocycles. The van der Waals surface area contributed by atoms with Crippen molar-refractivity contribution in [3.8, 4) is 0 Å². The Balaban J connectivity index is 2.95. The van der Waals surface area contributed by atoms with E-state index in [2.05, 4.69) is 0 Å². The minimum absolute atomic E-state index is 0.140. The quantitative estimate of drug-likeness (QED) is 0.847. The smallest absolute Gasteiger partial charge is 0.416 e. The lowest BCUT2D eigenvalue weighted by molar-refractivity contribution is -0.145. The number of alkyl halides is 3. The van der Waals surface area contributed by atoms with Crippen LogP contribution in [0.4, 0.5) is 13.2 Å². The lowest BCUT2D eigenvalue weighted by Crippen LogP contribution is -2.26. The molecule has 0 bridgehead atoms. The number of benzene rings is 1. The molecule has 0 spiro atoms. The van der Waals surface area contributed by atoms with E-state index in [1.54, 1.807) is 6.92 Å². The molecule has 0 aromatic heterocycles. The molecule has 0 saturated heterocycles. The van der Waals surface area contributed by atoms with Crippen LogP contribution in [0.25, 0.3) is 0 Å². The summed E-state index contributed by atoms with van der Waals surface area (Å²) in [4.78, 5) is 11.2. The Bertz CT molecular complexity index is 467. The Morgan fingerprint density at radius 1 is 1.25 bits per heavy atom. The Kier molecular flexibility index (Phi) is 5.16. The zero-order valence-corrected chi connectivity index (χ0v) is 11.3. The van der Waals surface area contributed by atoms with E-state index in [1.165, 1.54) is 25.1 Å². The number of ether oxygens (including phenoxy) is 1. The van der Waals surface area contributed by atoms with Gasteiger partial charge in [0.05, 0.1) is 17.8 Å². The second-order valence-corrected chi connectivity index (χ2v) is 4.62. The molecular formula is C14H17F3O3. The molecule has 0 radical (unpaired) electrons. The fourth-order valence-corrected chi connectivity index (χ4v) is 1.91. The van der Waals surface area contributed by atoms with E-state index in [0.29, 0.717) is 0 Å². The zero-order chi connectivity index (χ0) is 15.4. The molecule has 6 heteroatoms. The van der Waals surface area contributed by atoms with Gasteiger partial charge in [-0.1, -0.05) is 18.2 Å². The minimum atomic E-state index is -4.55. The van der Waals surface area contributed by atoms with Gasteiger partial charge in [0.15, 0.2) is 0 Å².